The standard InChI is InChI=1S/C30H34F2N2O3S/c1-35-25-5-2-21(3-6-25)19-34(38-27-8-4-24-18-33-13-10-23(24)16-27)30-9-7-26(17-28(30)31)37-15-12-22-11-14-36-20-29(22)32/h2-9,16-17,22,29,33H,10-15,18-20H2,1H3/t22?,29-/m0/s1. The number of halogens is 2. The monoisotopic (exact) mass is 540 g/mol. The Kier molecular flexibility index (Phi) is 9.04. The van der Waals surface area contributed by atoms with Crippen LogP contribution in [0.2, 0.25) is 0 Å². The van der Waals surface area contributed by atoms with Gasteiger partial charge in [-0.25, -0.2) is 8.78 Å². The van der Waals surface area contributed by atoms with Gasteiger partial charge in [-0.2, -0.15) is 0 Å². The average molecular weight is 541 g/mol. The summed E-state index contributed by atoms with van der Waals surface area (Å²) in [6.07, 6.45) is 1.30. The number of anilines is 1. The van der Waals surface area contributed by atoms with Crippen molar-refractivity contribution in [2.24, 2.45) is 5.92 Å². The molecule has 2 atom stereocenters. The second-order valence-electron chi connectivity index (χ2n) is 9.72. The summed E-state index contributed by atoms with van der Waals surface area (Å²) in [6, 6.07) is 19.3. The van der Waals surface area contributed by atoms with E-state index in [-0.39, 0.29) is 18.3 Å². The van der Waals surface area contributed by atoms with Crippen molar-refractivity contribution in [1.29, 1.82) is 0 Å². The lowest BCUT2D eigenvalue weighted by molar-refractivity contribution is -0.00749. The molecule has 0 spiro atoms. The van der Waals surface area contributed by atoms with Crippen molar-refractivity contribution in [2.45, 2.75) is 43.4 Å². The molecule has 2 aliphatic heterocycles. The first-order chi connectivity index (χ1) is 18.6. The zero-order valence-corrected chi connectivity index (χ0v) is 22.4. The van der Waals surface area contributed by atoms with Gasteiger partial charge in [-0.05, 0) is 96.8 Å². The van der Waals surface area contributed by atoms with Crippen LogP contribution in [-0.4, -0.2) is 39.6 Å². The molecule has 3 aromatic rings. The number of nitrogens with one attached hydrogen (secondary N) is 1. The Balaban J connectivity index is 1.32. The highest BCUT2D eigenvalue weighted by molar-refractivity contribution is 8.00. The molecule has 1 saturated heterocycles. The highest BCUT2D eigenvalue weighted by Crippen LogP contribution is 2.35. The SMILES string of the molecule is COc1ccc(CN(Sc2ccc3c(c2)CCNC3)c2ccc(OCCC3CCOC[C@@H]3F)cc2F)cc1. The summed E-state index contributed by atoms with van der Waals surface area (Å²) in [5.74, 6) is 0.796. The van der Waals surface area contributed by atoms with Gasteiger partial charge in [-0.1, -0.05) is 18.2 Å². The lowest BCUT2D eigenvalue weighted by Crippen LogP contribution is -2.30. The molecule has 0 radical (unpaired) electrons. The summed E-state index contributed by atoms with van der Waals surface area (Å²) in [4.78, 5) is 1.07. The fourth-order valence-electron chi connectivity index (χ4n) is 4.88. The summed E-state index contributed by atoms with van der Waals surface area (Å²) in [5.41, 5.74) is 4.17. The fraction of sp³-hybridized carbons (Fsp3) is 0.400. The number of hydrogen-bond donors (Lipinski definition) is 1. The quantitative estimate of drug-likeness (QED) is 0.303. The lowest BCUT2D eigenvalue weighted by atomic mass is 9.95. The van der Waals surface area contributed by atoms with Gasteiger partial charge in [0.05, 0.1) is 32.6 Å². The van der Waals surface area contributed by atoms with E-state index in [4.69, 9.17) is 14.2 Å². The van der Waals surface area contributed by atoms with Gasteiger partial charge in [-0.15, -0.1) is 0 Å². The number of fused-ring (bicyclic) bond motifs is 1. The summed E-state index contributed by atoms with van der Waals surface area (Å²) in [6.45, 7) is 3.43. The molecule has 0 bridgehead atoms. The molecular weight excluding hydrogens is 506 g/mol. The second kappa shape index (κ2) is 12.8. The van der Waals surface area contributed by atoms with Crippen LogP contribution < -0.4 is 19.1 Å². The molecule has 1 unspecified atom stereocenters. The second-order valence-corrected chi connectivity index (χ2v) is 10.8. The maximum Gasteiger partial charge on any atom is 0.151 e. The van der Waals surface area contributed by atoms with Gasteiger partial charge in [0.1, 0.15) is 17.7 Å². The third-order valence-corrected chi connectivity index (χ3v) is 8.14. The minimum Gasteiger partial charge on any atom is -0.497 e. The van der Waals surface area contributed by atoms with Gasteiger partial charge < -0.3 is 23.8 Å². The van der Waals surface area contributed by atoms with E-state index in [1.165, 1.54) is 29.1 Å². The van der Waals surface area contributed by atoms with Crippen molar-refractivity contribution in [3.05, 3.63) is 83.2 Å². The maximum atomic E-state index is 15.5. The Labute approximate surface area is 227 Å². The molecule has 1 N–H and O–H groups in total. The number of ether oxygens (including phenoxy) is 3. The largest absolute Gasteiger partial charge is 0.497 e. The first kappa shape index (κ1) is 26.8. The van der Waals surface area contributed by atoms with Crippen LogP contribution in [0.25, 0.3) is 0 Å². The van der Waals surface area contributed by atoms with E-state index >= 15 is 4.39 Å². The van der Waals surface area contributed by atoms with E-state index in [0.717, 1.165) is 35.7 Å². The predicted molar refractivity (Wildman–Crippen MR) is 147 cm³/mol. The van der Waals surface area contributed by atoms with Gasteiger partial charge in [0.15, 0.2) is 5.82 Å². The Morgan fingerprint density at radius 2 is 1.89 bits per heavy atom. The topological polar surface area (TPSA) is 43.0 Å². The number of nitrogens with zero attached hydrogens (tertiary/aromatic N) is 1. The van der Waals surface area contributed by atoms with Crippen LogP contribution in [0, 0.1) is 11.7 Å². The summed E-state index contributed by atoms with van der Waals surface area (Å²) in [7, 11) is 1.64. The first-order valence-electron chi connectivity index (χ1n) is 13.1. The van der Waals surface area contributed by atoms with Crippen molar-refractivity contribution >= 4 is 17.6 Å². The van der Waals surface area contributed by atoms with Gasteiger partial charge >= 0.3 is 0 Å². The van der Waals surface area contributed by atoms with Crippen LogP contribution in [-0.2, 0) is 24.2 Å². The van der Waals surface area contributed by atoms with E-state index in [1.807, 2.05) is 28.6 Å². The van der Waals surface area contributed by atoms with Crippen LogP contribution in [0.1, 0.15) is 29.5 Å². The molecule has 8 heteroatoms. The number of hydrogen-bond acceptors (Lipinski definition) is 6. The van der Waals surface area contributed by atoms with Gasteiger partial charge in [0.25, 0.3) is 0 Å². The van der Waals surface area contributed by atoms with Gasteiger partial charge in [0.2, 0.25) is 0 Å². The molecule has 202 valence electrons. The van der Waals surface area contributed by atoms with Crippen LogP contribution in [0.3, 0.4) is 0 Å². The smallest absolute Gasteiger partial charge is 0.151 e. The fourth-order valence-corrected chi connectivity index (χ4v) is 5.92. The Hall–Kier alpha value is -2.81. The number of alkyl halides is 1. The molecule has 3 aromatic carbocycles. The summed E-state index contributed by atoms with van der Waals surface area (Å²) >= 11 is 1.52. The highest BCUT2D eigenvalue weighted by Gasteiger charge is 2.25. The van der Waals surface area contributed by atoms with E-state index in [9.17, 15) is 4.39 Å². The summed E-state index contributed by atoms with van der Waals surface area (Å²) in [5, 5.41) is 3.40. The van der Waals surface area contributed by atoms with Gasteiger partial charge in [0, 0.05) is 24.1 Å². The average Bonchev–Trinajstić information content (AvgIpc) is 2.94. The van der Waals surface area contributed by atoms with Crippen molar-refractivity contribution in [1.82, 2.24) is 5.32 Å². The zero-order valence-electron chi connectivity index (χ0n) is 21.6. The molecule has 38 heavy (non-hydrogen) atoms. The molecule has 0 saturated carbocycles. The first-order valence-corrected chi connectivity index (χ1v) is 13.9. The van der Waals surface area contributed by atoms with Crippen molar-refractivity contribution in [3.63, 3.8) is 0 Å². The Morgan fingerprint density at radius 3 is 2.68 bits per heavy atom. The molecule has 5 rings (SSSR count). The third-order valence-electron chi connectivity index (χ3n) is 7.13. The number of methoxy groups -OCH3 is 1. The molecule has 2 heterocycles. The molecule has 1 fully saturated rings. The van der Waals surface area contributed by atoms with E-state index < -0.39 is 6.17 Å². The zero-order chi connectivity index (χ0) is 26.3. The van der Waals surface area contributed by atoms with Crippen LogP contribution >= 0.6 is 11.9 Å². The predicted octanol–water partition coefficient (Wildman–Crippen LogP) is 6.34. The third kappa shape index (κ3) is 6.79. The van der Waals surface area contributed by atoms with Crippen molar-refractivity contribution in [2.75, 3.05) is 37.8 Å². The van der Waals surface area contributed by atoms with E-state index in [0.29, 0.717) is 44.0 Å². The highest BCUT2D eigenvalue weighted by atomic mass is 32.2. The molecule has 0 aromatic heterocycles. The Bertz CT molecular complexity index is 1210. The minimum absolute atomic E-state index is 0.0725. The molecule has 0 amide bonds. The molecule has 5 nitrogen and oxygen atoms in total. The molecular formula is C30H34F2N2O3S. The minimum atomic E-state index is -0.963. The van der Waals surface area contributed by atoms with Crippen molar-refractivity contribution < 1.29 is 23.0 Å². The van der Waals surface area contributed by atoms with E-state index in [2.05, 4.69) is 23.5 Å². The van der Waals surface area contributed by atoms with E-state index in [1.54, 1.807) is 19.2 Å². The van der Waals surface area contributed by atoms with Crippen molar-refractivity contribution in [3.8, 4) is 11.5 Å². The molecule has 0 aliphatic carbocycles. The lowest BCUT2D eigenvalue weighted by Gasteiger charge is -2.26. The summed E-state index contributed by atoms with van der Waals surface area (Å²) < 4.78 is 47.8. The Morgan fingerprint density at radius 1 is 1.05 bits per heavy atom. The molecule has 2 aliphatic rings. The van der Waals surface area contributed by atoms with Crippen LogP contribution in [0.5, 0.6) is 11.5 Å². The number of rotatable bonds is 10. The maximum absolute atomic E-state index is 15.5. The van der Waals surface area contributed by atoms with Crippen LogP contribution in [0.4, 0.5) is 14.5 Å². The van der Waals surface area contributed by atoms with Crippen LogP contribution in [0.15, 0.2) is 65.6 Å². The van der Waals surface area contributed by atoms with Gasteiger partial charge in [-0.3, -0.25) is 0 Å². The normalized spacial score (nSPS) is 19.0. The number of benzene rings is 3.